The summed E-state index contributed by atoms with van der Waals surface area (Å²) in [5, 5.41) is 8.35. The number of esters is 1. The molecule has 1 radical (unpaired) electrons. The highest BCUT2D eigenvalue weighted by atomic mass is 16.5. The number of hydrogen-bond donors (Lipinski definition) is 0. The van der Waals surface area contributed by atoms with Crippen LogP contribution in [0.15, 0.2) is 30.3 Å². The van der Waals surface area contributed by atoms with Crippen molar-refractivity contribution in [2.45, 2.75) is 45.1 Å². The molecule has 1 rings (SSSR count). The lowest BCUT2D eigenvalue weighted by atomic mass is 10.1. The molecule has 3 nitrogen and oxygen atoms in total. The highest BCUT2D eigenvalue weighted by molar-refractivity contribution is 5.69. The van der Waals surface area contributed by atoms with Gasteiger partial charge < -0.3 is 4.74 Å². The molecule has 0 aromatic heterocycles. The Kier molecular flexibility index (Phi) is 8.13. The quantitative estimate of drug-likeness (QED) is 0.500. The van der Waals surface area contributed by atoms with Crippen molar-refractivity contribution in [3.05, 3.63) is 42.3 Å². The van der Waals surface area contributed by atoms with Crippen molar-refractivity contribution in [1.29, 1.82) is 5.26 Å². The first-order chi connectivity index (χ1) is 9.33. The van der Waals surface area contributed by atoms with Crippen LogP contribution in [0.3, 0.4) is 0 Å². The third-order valence-corrected chi connectivity index (χ3v) is 2.77. The van der Waals surface area contributed by atoms with Gasteiger partial charge in [0.2, 0.25) is 0 Å². The molecule has 0 N–H and O–H groups in total. The van der Waals surface area contributed by atoms with Crippen LogP contribution < -0.4 is 0 Å². The van der Waals surface area contributed by atoms with Gasteiger partial charge in [0.25, 0.3) is 0 Å². The molecule has 3 heteroatoms. The zero-order chi connectivity index (χ0) is 13.8. The minimum Gasteiger partial charge on any atom is -0.461 e. The molecule has 0 spiro atoms. The maximum Gasteiger partial charge on any atom is 0.306 e. The Labute approximate surface area is 115 Å². The monoisotopic (exact) mass is 258 g/mol. The van der Waals surface area contributed by atoms with Crippen molar-refractivity contribution >= 4 is 5.97 Å². The Morgan fingerprint density at radius 1 is 1.21 bits per heavy atom. The molecule has 0 bridgehead atoms. The number of carbonyl (C=O) groups excluding carboxylic acids is 1. The van der Waals surface area contributed by atoms with Crippen LogP contribution in [0, 0.1) is 17.8 Å². The highest BCUT2D eigenvalue weighted by Gasteiger charge is 2.02. The van der Waals surface area contributed by atoms with Gasteiger partial charge in [0.1, 0.15) is 6.61 Å². The van der Waals surface area contributed by atoms with Gasteiger partial charge in [0.05, 0.1) is 6.07 Å². The summed E-state index contributed by atoms with van der Waals surface area (Å²) in [4.78, 5) is 11.5. The van der Waals surface area contributed by atoms with Crippen LogP contribution in [-0.2, 0) is 16.1 Å². The van der Waals surface area contributed by atoms with E-state index in [1.165, 1.54) is 0 Å². The Hall–Kier alpha value is -1.82. The molecular formula is C16H20NO2. The number of rotatable bonds is 9. The molecule has 0 atom stereocenters. The van der Waals surface area contributed by atoms with Gasteiger partial charge in [0, 0.05) is 12.8 Å². The van der Waals surface area contributed by atoms with E-state index in [-0.39, 0.29) is 5.97 Å². The lowest BCUT2D eigenvalue weighted by molar-refractivity contribution is -0.145. The molecule has 0 saturated heterocycles. The van der Waals surface area contributed by atoms with Gasteiger partial charge in [-0.3, -0.25) is 4.79 Å². The van der Waals surface area contributed by atoms with Crippen LogP contribution in [0.25, 0.3) is 0 Å². The molecule has 0 saturated carbocycles. The summed E-state index contributed by atoms with van der Waals surface area (Å²) in [6, 6.07) is 11.8. The van der Waals surface area contributed by atoms with Crippen molar-refractivity contribution in [2.24, 2.45) is 0 Å². The topological polar surface area (TPSA) is 50.1 Å². The van der Waals surface area contributed by atoms with E-state index in [0.717, 1.165) is 31.2 Å². The summed E-state index contributed by atoms with van der Waals surface area (Å²) < 4.78 is 5.18. The number of nitrogens with zero attached hydrogens (tertiary/aromatic N) is 1. The van der Waals surface area contributed by atoms with Gasteiger partial charge in [-0.1, -0.05) is 43.2 Å². The number of ether oxygens (including phenoxy) is 1. The molecule has 0 fully saturated rings. The summed E-state index contributed by atoms with van der Waals surface area (Å²) in [5.74, 6) is -0.134. The minimum absolute atomic E-state index is 0.134. The molecule has 0 aliphatic rings. The smallest absolute Gasteiger partial charge is 0.306 e. The zero-order valence-corrected chi connectivity index (χ0v) is 11.2. The number of carbonyl (C=O) groups is 1. The molecule has 0 amide bonds. The van der Waals surface area contributed by atoms with Crippen LogP contribution in [-0.4, -0.2) is 5.97 Å². The van der Waals surface area contributed by atoms with Crippen molar-refractivity contribution < 1.29 is 9.53 Å². The van der Waals surface area contributed by atoms with Crippen molar-refractivity contribution in [3.63, 3.8) is 0 Å². The highest BCUT2D eigenvalue weighted by Crippen LogP contribution is 2.08. The number of unbranched alkanes of at least 4 members (excludes halogenated alkanes) is 5. The Bertz CT molecular complexity index is 395. The van der Waals surface area contributed by atoms with E-state index < -0.39 is 0 Å². The molecule has 0 aliphatic heterocycles. The minimum atomic E-state index is -0.134. The second kappa shape index (κ2) is 10.1. The fourth-order valence-corrected chi connectivity index (χ4v) is 1.71. The Morgan fingerprint density at radius 2 is 2.00 bits per heavy atom. The number of hydrogen-bond acceptors (Lipinski definition) is 3. The fourth-order valence-electron chi connectivity index (χ4n) is 1.71. The average Bonchev–Trinajstić information content (AvgIpc) is 2.45. The Morgan fingerprint density at radius 3 is 2.74 bits per heavy atom. The largest absolute Gasteiger partial charge is 0.461 e. The van der Waals surface area contributed by atoms with Crippen molar-refractivity contribution in [3.8, 4) is 6.07 Å². The van der Waals surface area contributed by atoms with Gasteiger partial charge in [-0.25, -0.2) is 0 Å². The standard InChI is InChI=1S/C16H20NO2/c17-13-9-4-2-1-3-8-12-16(18)19-14-15-10-6-5-7-11-15/h4-7,10-11H,1-3,8-9,12,14H2. The second-order valence-corrected chi connectivity index (χ2v) is 4.40. The molecule has 101 valence electrons. The molecular weight excluding hydrogens is 238 g/mol. The maximum absolute atomic E-state index is 11.5. The van der Waals surface area contributed by atoms with E-state index in [1.54, 1.807) is 0 Å². The predicted molar refractivity (Wildman–Crippen MR) is 73.9 cm³/mol. The summed E-state index contributed by atoms with van der Waals surface area (Å²) in [5.41, 5.74) is 1.02. The SMILES string of the molecule is N#CC[CH]CCCCCC(=O)OCc1ccccc1. The van der Waals surface area contributed by atoms with Crippen LogP contribution in [0.2, 0.25) is 0 Å². The molecule has 0 aliphatic carbocycles. The average molecular weight is 258 g/mol. The normalized spacial score (nSPS) is 9.84. The summed E-state index contributed by atoms with van der Waals surface area (Å²) in [7, 11) is 0. The molecule has 0 heterocycles. The maximum atomic E-state index is 11.5. The molecule has 1 aromatic carbocycles. The van der Waals surface area contributed by atoms with Gasteiger partial charge in [-0.05, 0) is 24.8 Å². The van der Waals surface area contributed by atoms with E-state index >= 15 is 0 Å². The van der Waals surface area contributed by atoms with Crippen LogP contribution in [0.4, 0.5) is 0 Å². The third kappa shape index (κ3) is 7.99. The van der Waals surface area contributed by atoms with Gasteiger partial charge in [-0.15, -0.1) is 0 Å². The third-order valence-electron chi connectivity index (χ3n) is 2.77. The van der Waals surface area contributed by atoms with Gasteiger partial charge >= 0.3 is 5.97 Å². The lowest BCUT2D eigenvalue weighted by Crippen LogP contribution is -2.04. The number of nitriles is 1. The van der Waals surface area contributed by atoms with Crippen LogP contribution in [0.1, 0.15) is 44.1 Å². The van der Waals surface area contributed by atoms with E-state index in [4.69, 9.17) is 10.00 Å². The van der Waals surface area contributed by atoms with E-state index in [1.807, 2.05) is 36.8 Å². The molecule has 19 heavy (non-hydrogen) atoms. The fraction of sp³-hybridized carbons (Fsp3) is 0.438. The van der Waals surface area contributed by atoms with E-state index in [0.29, 0.717) is 19.4 Å². The lowest BCUT2D eigenvalue weighted by Gasteiger charge is -2.04. The van der Waals surface area contributed by atoms with Gasteiger partial charge in [-0.2, -0.15) is 5.26 Å². The van der Waals surface area contributed by atoms with Crippen LogP contribution in [0.5, 0.6) is 0 Å². The summed E-state index contributed by atoms with van der Waals surface area (Å²) in [6.45, 7) is 0.357. The molecule has 1 aromatic rings. The molecule has 0 unspecified atom stereocenters. The Balaban J connectivity index is 1.98. The first-order valence-corrected chi connectivity index (χ1v) is 6.71. The first-order valence-electron chi connectivity index (χ1n) is 6.71. The second-order valence-electron chi connectivity index (χ2n) is 4.40. The van der Waals surface area contributed by atoms with Gasteiger partial charge in [0.15, 0.2) is 0 Å². The summed E-state index contributed by atoms with van der Waals surface area (Å²) >= 11 is 0. The summed E-state index contributed by atoms with van der Waals surface area (Å²) in [6.07, 6.45) is 6.81. The zero-order valence-electron chi connectivity index (χ0n) is 11.2. The van der Waals surface area contributed by atoms with Crippen LogP contribution >= 0.6 is 0 Å². The van der Waals surface area contributed by atoms with Crippen molar-refractivity contribution in [1.82, 2.24) is 0 Å². The first kappa shape index (κ1) is 15.2. The van der Waals surface area contributed by atoms with E-state index in [9.17, 15) is 4.79 Å². The van der Waals surface area contributed by atoms with E-state index in [2.05, 4.69) is 6.07 Å². The predicted octanol–water partition coefficient (Wildman–Crippen LogP) is 3.80. The van der Waals surface area contributed by atoms with Crippen molar-refractivity contribution in [2.75, 3.05) is 0 Å². The number of benzene rings is 1.